The normalized spacial score (nSPS) is 22.4. The molecule has 5 aliphatic carbocycles. The molecule has 10 aromatic rings. The average Bonchev–Trinajstić information content (AvgIpc) is 3.96. The number of hydrogen-bond acceptors (Lipinski definition) is 2. The highest BCUT2D eigenvalue weighted by molar-refractivity contribution is 7.26. The van der Waals surface area contributed by atoms with E-state index in [-0.39, 0.29) is 5.41 Å². The van der Waals surface area contributed by atoms with Gasteiger partial charge in [0.1, 0.15) is 0 Å². The van der Waals surface area contributed by atoms with Crippen molar-refractivity contribution in [2.45, 2.75) is 37.5 Å². The van der Waals surface area contributed by atoms with E-state index in [4.69, 9.17) is 0 Å². The zero-order valence-electron chi connectivity index (χ0n) is 33.3. The first-order chi connectivity index (χ1) is 29.7. The Morgan fingerprint density at radius 2 is 0.900 bits per heavy atom. The maximum atomic E-state index is 2.58. The molecule has 0 amide bonds. The van der Waals surface area contributed by atoms with Crippen molar-refractivity contribution in [2.75, 3.05) is 0 Å². The van der Waals surface area contributed by atoms with E-state index >= 15 is 0 Å². The van der Waals surface area contributed by atoms with Crippen LogP contribution in [0.4, 0.5) is 0 Å². The zero-order chi connectivity index (χ0) is 39.1. The molecule has 60 heavy (non-hydrogen) atoms. The molecule has 5 aliphatic rings. The molecule has 4 saturated carbocycles. The average molecular weight is 803 g/mol. The second kappa shape index (κ2) is 12.6. The molecule has 2 heteroatoms. The van der Waals surface area contributed by atoms with Crippen molar-refractivity contribution in [2.24, 2.45) is 23.7 Å². The molecule has 0 nitrogen and oxygen atoms in total. The Balaban J connectivity index is 0.905. The molecule has 4 bridgehead atoms. The standard InChI is InChI=1S/C58H42S2/c1-2-8-36(9-3-1)41-29-42(38-16-14-37(15-17-38)40-18-20-47-46-10-5-7-13-52(46)60-55(47)33-40)31-43(30-41)39-19-22-53-49(32-39)57-54(59-53)23-21-51-56(57)48-11-4-6-12-50(48)58(51)44-25-34-24-35(27-44)28-45(58)26-34/h1-23,29-35,44-45H,24-28H2. The molecule has 2 heterocycles. The van der Waals surface area contributed by atoms with Gasteiger partial charge in [-0.1, -0.05) is 121 Å². The third-order valence-electron chi connectivity index (χ3n) is 15.5. The van der Waals surface area contributed by atoms with Crippen molar-refractivity contribution in [3.05, 3.63) is 181 Å². The molecular weight excluding hydrogens is 761 g/mol. The molecule has 286 valence electrons. The van der Waals surface area contributed by atoms with Crippen LogP contribution in [-0.2, 0) is 5.41 Å². The third-order valence-corrected chi connectivity index (χ3v) is 17.7. The Bertz CT molecular complexity index is 3350. The summed E-state index contributed by atoms with van der Waals surface area (Å²) in [6.07, 6.45) is 7.14. The SMILES string of the molecule is c1ccc(-c2cc(-c3ccc(-c4ccc5c(c4)sc4ccccc45)cc3)cc(-c3ccc4sc5ccc6c(c5c4c3)-c3ccccc3C63C4CC5CC(C4)CC3C5)c2)cc1. The summed E-state index contributed by atoms with van der Waals surface area (Å²) < 4.78 is 5.49. The Morgan fingerprint density at radius 3 is 1.68 bits per heavy atom. The summed E-state index contributed by atoms with van der Waals surface area (Å²) in [6.45, 7) is 0. The monoisotopic (exact) mass is 802 g/mol. The lowest BCUT2D eigenvalue weighted by molar-refractivity contribution is -0.0399. The quantitative estimate of drug-likeness (QED) is 0.166. The van der Waals surface area contributed by atoms with Crippen molar-refractivity contribution in [3.63, 3.8) is 0 Å². The Kier molecular flexibility index (Phi) is 7.14. The van der Waals surface area contributed by atoms with E-state index in [2.05, 4.69) is 170 Å². The van der Waals surface area contributed by atoms with Gasteiger partial charge in [-0.3, -0.25) is 0 Å². The molecule has 0 saturated heterocycles. The number of thiophene rings is 2. The van der Waals surface area contributed by atoms with Crippen molar-refractivity contribution < 1.29 is 0 Å². The van der Waals surface area contributed by atoms with Crippen LogP contribution < -0.4 is 0 Å². The van der Waals surface area contributed by atoms with Crippen LogP contribution in [0.2, 0.25) is 0 Å². The van der Waals surface area contributed by atoms with E-state index in [1.165, 1.54) is 123 Å². The summed E-state index contributed by atoms with van der Waals surface area (Å²) in [5.41, 5.74) is 16.5. The van der Waals surface area contributed by atoms with Gasteiger partial charge in [0, 0.05) is 45.8 Å². The fourth-order valence-electron chi connectivity index (χ4n) is 13.2. The van der Waals surface area contributed by atoms with Gasteiger partial charge in [-0.05, 0) is 171 Å². The van der Waals surface area contributed by atoms with Crippen LogP contribution >= 0.6 is 22.7 Å². The van der Waals surface area contributed by atoms with Gasteiger partial charge in [0.2, 0.25) is 0 Å². The Hall–Kier alpha value is -5.80. The molecular formula is C58H42S2. The largest absolute Gasteiger partial charge is 0.135 e. The molecule has 8 aromatic carbocycles. The van der Waals surface area contributed by atoms with Crippen molar-refractivity contribution in [3.8, 4) is 55.6 Å². The number of fused-ring (bicyclic) bond motifs is 10. The first kappa shape index (κ1) is 34.0. The van der Waals surface area contributed by atoms with E-state index < -0.39 is 0 Å². The fraction of sp³-hybridized carbons (Fsp3) is 0.172. The molecule has 1 spiro atoms. The van der Waals surface area contributed by atoms with Gasteiger partial charge < -0.3 is 0 Å². The van der Waals surface area contributed by atoms with Crippen molar-refractivity contribution >= 4 is 63.0 Å². The molecule has 0 unspecified atom stereocenters. The molecule has 0 N–H and O–H groups in total. The van der Waals surface area contributed by atoms with Gasteiger partial charge in [0.05, 0.1) is 0 Å². The Morgan fingerprint density at radius 1 is 0.350 bits per heavy atom. The van der Waals surface area contributed by atoms with Gasteiger partial charge in [0.25, 0.3) is 0 Å². The highest BCUT2D eigenvalue weighted by Gasteiger charge is 2.61. The first-order valence-corrected chi connectivity index (χ1v) is 23.6. The lowest BCUT2D eigenvalue weighted by Crippen LogP contribution is -2.55. The van der Waals surface area contributed by atoms with Crippen LogP contribution in [0.3, 0.4) is 0 Å². The van der Waals surface area contributed by atoms with Gasteiger partial charge in [-0.2, -0.15) is 0 Å². The minimum Gasteiger partial charge on any atom is -0.135 e. The van der Waals surface area contributed by atoms with Crippen LogP contribution in [0.25, 0.3) is 96.0 Å². The minimum atomic E-state index is 0.180. The van der Waals surface area contributed by atoms with E-state index in [1.807, 2.05) is 22.7 Å². The predicted octanol–water partition coefficient (Wildman–Crippen LogP) is 16.8. The first-order valence-electron chi connectivity index (χ1n) is 22.0. The van der Waals surface area contributed by atoms with Crippen molar-refractivity contribution in [1.82, 2.24) is 0 Å². The summed E-state index contributed by atoms with van der Waals surface area (Å²) in [5.74, 6) is 3.43. The van der Waals surface area contributed by atoms with Crippen molar-refractivity contribution in [1.29, 1.82) is 0 Å². The molecule has 0 atom stereocenters. The van der Waals surface area contributed by atoms with Gasteiger partial charge in [-0.25, -0.2) is 0 Å². The van der Waals surface area contributed by atoms with Crippen LogP contribution in [-0.4, -0.2) is 0 Å². The molecule has 0 aliphatic heterocycles. The van der Waals surface area contributed by atoms with Gasteiger partial charge >= 0.3 is 0 Å². The van der Waals surface area contributed by atoms with Crippen LogP contribution in [0, 0.1) is 23.7 Å². The smallest absolute Gasteiger partial charge is 0.0361 e. The third kappa shape index (κ3) is 4.78. The van der Waals surface area contributed by atoms with E-state index in [0.717, 1.165) is 23.7 Å². The number of benzene rings is 8. The van der Waals surface area contributed by atoms with Gasteiger partial charge in [-0.15, -0.1) is 22.7 Å². The summed E-state index contributed by atoms with van der Waals surface area (Å²) in [6, 6.07) is 65.0. The molecule has 0 radical (unpaired) electrons. The maximum Gasteiger partial charge on any atom is 0.0361 e. The van der Waals surface area contributed by atoms with Gasteiger partial charge in [0.15, 0.2) is 0 Å². The maximum absolute atomic E-state index is 2.58. The summed E-state index contributed by atoms with van der Waals surface area (Å²) in [5, 5.41) is 5.58. The highest BCUT2D eigenvalue weighted by Crippen LogP contribution is 2.70. The lowest BCUT2D eigenvalue weighted by Gasteiger charge is -2.61. The summed E-state index contributed by atoms with van der Waals surface area (Å²) >= 11 is 3.86. The zero-order valence-corrected chi connectivity index (χ0v) is 35.0. The fourth-order valence-corrected chi connectivity index (χ4v) is 15.4. The van der Waals surface area contributed by atoms with Crippen LogP contribution in [0.15, 0.2) is 170 Å². The molecule has 2 aromatic heterocycles. The van der Waals surface area contributed by atoms with Crippen LogP contribution in [0.1, 0.15) is 43.2 Å². The number of hydrogen-bond donors (Lipinski definition) is 0. The lowest BCUT2D eigenvalue weighted by atomic mass is 9.43. The Labute approximate surface area is 358 Å². The predicted molar refractivity (Wildman–Crippen MR) is 257 cm³/mol. The second-order valence-corrected chi connectivity index (χ2v) is 20.6. The summed E-state index contributed by atoms with van der Waals surface area (Å²) in [7, 11) is 0. The minimum absolute atomic E-state index is 0.180. The topological polar surface area (TPSA) is 0 Å². The van der Waals surface area contributed by atoms with E-state index in [1.54, 1.807) is 16.7 Å². The molecule has 15 rings (SSSR count). The number of rotatable bonds is 4. The van der Waals surface area contributed by atoms with E-state index in [9.17, 15) is 0 Å². The highest BCUT2D eigenvalue weighted by atomic mass is 32.1. The van der Waals surface area contributed by atoms with Crippen LogP contribution in [0.5, 0.6) is 0 Å². The molecule has 4 fully saturated rings. The second-order valence-electron chi connectivity index (χ2n) is 18.4. The van der Waals surface area contributed by atoms with E-state index in [0.29, 0.717) is 0 Å². The summed E-state index contributed by atoms with van der Waals surface area (Å²) in [4.78, 5) is 0.